The maximum atomic E-state index is 13.3. The highest BCUT2D eigenvalue weighted by atomic mass is 16.8. The molecule has 0 radical (unpaired) electrons. The van der Waals surface area contributed by atoms with Crippen molar-refractivity contribution < 1.29 is 28.3 Å². The number of aromatic nitrogens is 1. The number of amides is 2. The molecule has 4 rings (SSSR count). The second-order valence-electron chi connectivity index (χ2n) is 10.7. The summed E-state index contributed by atoms with van der Waals surface area (Å²) in [5.74, 6) is 1.89. The molecule has 0 aliphatic carbocycles. The first-order valence-corrected chi connectivity index (χ1v) is 13.2. The van der Waals surface area contributed by atoms with Crippen LogP contribution in [0.3, 0.4) is 0 Å². The molecule has 2 amide bonds. The molecular weight excluding hydrogens is 488 g/mol. The Morgan fingerprint density at radius 3 is 2.71 bits per heavy atom. The lowest BCUT2D eigenvalue weighted by Gasteiger charge is -2.31. The highest BCUT2D eigenvalue weighted by molar-refractivity contribution is 5.91. The van der Waals surface area contributed by atoms with Crippen molar-refractivity contribution in [2.75, 3.05) is 24.6 Å². The van der Waals surface area contributed by atoms with Gasteiger partial charge in [0.1, 0.15) is 22.9 Å². The lowest BCUT2D eigenvalue weighted by Crippen LogP contribution is -2.45. The summed E-state index contributed by atoms with van der Waals surface area (Å²) in [7, 11) is 0. The molecule has 1 unspecified atom stereocenters. The highest BCUT2D eigenvalue weighted by Crippen LogP contribution is 2.26. The Morgan fingerprint density at radius 1 is 1.21 bits per heavy atom. The van der Waals surface area contributed by atoms with E-state index in [9.17, 15) is 9.59 Å². The average Bonchev–Trinajstić information content (AvgIpc) is 3.50. The fourth-order valence-corrected chi connectivity index (χ4v) is 4.47. The smallest absolute Gasteiger partial charge is 0.416 e. The molecule has 0 aromatic carbocycles. The number of hydrogen-bond donors (Lipinski definition) is 1. The topological polar surface area (TPSA) is 106 Å². The van der Waals surface area contributed by atoms with Crippen LogP contribution >= 0.6 is 0 Å². The molecule has 2 saturated heterocycles. The van der Waals surface area contributed by atoms with Crippen LogP contribution in [0.4, 0.5) is 10.6 Å². The Kier molecular flexibility index (Phi) is 9.19. The van der Waals surface area contributed by atoms with Crippen LogP contribution in [0, 0.1) is 6.92 Å². The van der Waals surface area contributed by atoms with E-state index in [0.29, 0.717) is 31.1 Å². The van der Waals surface area contributed by atoms with E-state index >= 15 is 0 Å². The first-order valence-electron chi connectivity index (χ1n) is 13.2. The molecule has 1 N–H and O–H groups in total. The number of ether oxygens (including phenoxy) is 2. The Hall–Kier alpha value is -3.21. The molecule has 0 saturated carbocycles. The molecule has 2 aromatic rings. The van der Waals surface area contributed by atoms with Gasteiger partial charge in [-0.3, -0.25) is 14.6 Å². The van der Waals surface area contributed by atoms with Gasteiger partial charge in [-0.05, 0) is 82.9 Å². The fourth-order valence-electron chi connectivity index (χ4n) is 4.47. The van der Waals surface area contributed by atoms with Gasteiger partial charge in [-0.15, -0.1) is 0 Å². The summed E-state index contributed by atoms with van der Waals surface area (Å²) in [5, 5.41) is 0. The standard InChI is InChI=1S/C28H38N4O6/c1-20-8-11-23(36-20)19-31-15-14-22(18-31)32(27(34)37-28(2,3)4)24-12-9-21(17-29-24)10-13-25(33)30-38-26-7-5-6-16-35-26/h8-13,17,22,26H,5-7,14-16,18-19H2,1-4H3,(H,30,33)/t22-,26?/m1/s1. The molecule has 206 valence electrons. The molecule has 4 heterocycles. The quantitative estimate of drug-likeness (QED) is 0.393. The van der Waals surface area contributed by atoms with Crippen molar-refractivity contribution in [1.29, 1.82) is 0 Å². The summed E-state index contributed by atoms with van der Waals surface area (Å²) in [6, 6.07) is 7.43. The number of nitrogens with one attached hydrogen (secondary N) is 1. The SMILES string of the molecule is Cc1ccc(CN2CC[C@@H](N(C(=O)OC(C)(C)C)c3ccc(C=CC(=O)NOC4CCCCO4)cn3)C2)o1. The van der Waals surface area contributed by atoms with Crippen LogP contribution in [0.2, 0.25) is 0 Å². The minimum Gasteiger partial charge on any atom is -0.465 e. The number of carbonyl (C=O) groups is 2. The van der Waals surface area contributed by atoms with Gasteiger partial charge in [0.25, 0.3) is 5.91 Å². The van der Waals surface area contributed by atoms with Gasteiger partial charge in [0.15, 0.2) is 6.29 Å². The van der Waals surface area contributed by atoms with E-state index in [0.717, 1.165) is 43.7 Å². The summed E-state index contributed by atoms with van der Waals surface area (Å²) in [5.41, 5.74) is 2.47. The van der Waals surface area contributed by atoms with E-state index < -0.39 is 23.9 Å². The first kappa shape index (κ1) is 27.8. The number of aryl methyl sites for hydroxylation is 1. The Morgan fingerprint density at radius 2 is 2.05 bits per heavy atom. The second-order valence-corrected chi connectivity index (χ2v) is 10.7. The lowest BCUT2D eigenvalue weighted by atomic mass is 10.2. The van der Waals surface area contributed by atoms with Gasteiger partial charge in [-0.2, -0.15) is 0 Å². The zero-order valence-electron chi connectivity index (χ0n) is 22.6. The average molecular weight is 527 g/mol. The van der Waals surface area contributed by atoms with Crippen molar-refractivity contribution in [3.63, 3.8) is 0 Å². The fraction of sp³-hybridized carbons (Fsp3) is 0.536. The number of hydrogen-bond acceptors (Lipinski definition) is 8. The first-order chi connectivity index (χ1) is 18.2. The van der Waals surface area contributed by atoms with E-state index in [2.05, 4.69) is 15.4 Å². The Balaban J connectivity index is 1.39. The zero-order chi connectivity index (χ0) is 27.1. The van der Waals surface area contributed by atoms with Crippen LogP contribution in [-0.2, 0) is 25.7 Å². The molecule has 10 heteroatoms. The molecule has 0 bridgehead atoms. The predicted octanol–water partition coefficient (Wildman–Crippen LogP) is 4.59. The van der Waals surface area contributed by atoms with Crippen molar-refractivity contribution in [3.05, 3.63) is 53.6 Å². The van der Waals surface area contributed by atoms with Crippen molar-refractivity contribution >= 4 is 23.9 Å². The number of furan rings is 1. The van der Waals surface area contributed by atoms with Crippen molar-refractivity contribution in [2.45, 2.75) is 77.9 Å². The molecular formula is C28H38N4O6. The monoisotopic (exact) mass is 526 g/mol. The van der Waals surface area contributed by atoms with Crippen LogP contribution in [0.5, 0.6) is 0 Å². The van der Waals surface area contributed by atoms with Gasteiger partial charge in [-0.1, -0.05) is 0 Å². The van der Waals surface area contributed by atoms with Gasteiger partial charge in [-0.25, -0.2) is 20.1 Å². The minimum absolute atomic E-state index is 0.0975. The molecule has 2 atom stereocenters. The van der Waals surface area contributed by atoms with Gasteiger partial charge in [0.05, 0.1) is 12.6 Å². The van der Waals surface area contributed by atoms with Crippen LogP contribution < -0.4 is 10.4 Å². The number of hydroxylamine groups is 1. The molecule has 10 nitrogen and oxygen atoms in total. The lowest BCUT2D eigenvalue weighted by molar-refractivity contribution is -0.198. The van der Waals surface area contributed by atoms with Crippen LogP contribution in [0.15, 0.2) is 41.0 Å². The largest absolute Gasteiger partial charge is 0.465 e. The molecule has 38 heavy (non-hydrogen) atoms. The maximum Gasteiger partial charge on any atom is 0.416 e. The van der Waals surface area contributed by atoms with Crippen molar-refractivity contribution in [3.8, 4) is 0 Å². The number of pyridine rings is 1. The Bertz CT molecular complexity index is 1100. The molecule has 2 aromatic heterocycles. The third kappa shape index (κ3) is 8.14. The van der Waals surface area contributed by atoms with E-state index in [-0.39, 0.29) is 6.04 Å². The summed E-state index contributed by atoms with van der Waals surface area (Å²) < 4.78 is 16.9. The Labute approximate surface area is 223 Å². The predicted molar refractivity (Wildman–Crippen MR) is 142 cm³/mol. The van der Waals surface area contributed by atoms with Crippen molar-refractivity contribution in [2.24, 2.45) is 0 Å². The number of nitrogens with zero attached hydrogens (tertiary/aromatic N) is 3. The number of anilines is 1. The molecule has 2 fully saturated rings. The summed E-state index contributed by atoms with van der Waals surface area (Å²) in [6.07, 6.45) is 7.35. The van der Waals surface area contributed by atoms with E-state index in [4.69, 9.17) is 18.7 Å². The van der Waals surface area contributed by atoms with Gasteiger partial charge >= 0.3 is 6.09 Å². The van der Waals surface area contributed by atoms with Crippen molar-refractivity contribution in [1.82, 2.24) is 15.4 Å². The molecule has 0 spiro atoms. The van der Waals surface area contributed by atoms with Gasteiger partial charge < -0.3 is 13.9 Å². The summed E-state index contributed by atoms with van der Waals surface area (Å²) in [6.45, 7) is 10.3. The van der Waals surface area contributed by atoms with Crippen LogP contribution in [0.1, 0.15) is 63.5 Å². The summed E-state index contributed by atoms with van der Waals surface area (Å²) >= 11 is 0. The van der Waals surface area contributed by atoms with Crippen LogP contribution in [-0.4, -0.2) is 59.5 Å². The molecule has 2 aliphatic heterocycles. The third-order valence-corrected chi connectivity index (χ3v) is 6.25. The van der Waals surface area contributed by atoms with Gasteiger partial charge in [0.2, 0.25) is 0 Å². The minimum atomic E-state index is -0.639. The number of rotatable bonds is 8. The zero-order valence-corrected chi connectivity index (χ0v) is 22.6. The van der Waals surface area contributed by atoms with E-state index in [1.54, 1.807) is 23.2 Å². The van der Waals surface area contributed by atoms with E-state index in [1.165, 1.54) is 6.08 Å². The highest BCUT2D eigenvalue weighted by Gasteiger charge is 2.35. The van der Waals surface area contributed by atoms with E-state index in [1.807, 2.05) is 45.9 Å². The number of carbonyl (C=O) groups excluding carboxylic acids is 2. The maximum absolute atomic E-state index is 13.3. The van der Waals surface area contributed by atoms with Crippen LogP contribution in [0.25, 0.3) is 6.08 Å². The summed E-state index contributed by atoms with van der Waals surface area (Å²) in [4.78, 5) is 39.1. The second kappa shape index (κ2) is 12.6. The normalized spacial score (nSPS) is 20.5. The third-order valence-electron chi connectivity index (χ3n) is 6.25. The number of likely N-dealkylation sites (tertiary alicyclic amines) is 1. The molecule has 2 aliphatic rings. The van der Waals surface area contributed by atoms with Gasteiger partial charge in [0, 0.05) is 38.4 Å².